The Morgan fingerprint density at radius 3 is 2.67 bits per heavy atom. The molecule has 1 saturated heterocycles. The average Bonchev–Trinajstić information content (AvgIpc) is 3.56. The lowest BCUT2D eigenvalue weighted by Gasteiger charge is -2.22. The summed E-state index contributed by atoms with van der Waals surface area (Å²) in [6.45, 7) is 3.64. The number of ketones is 1. The summed E-state index contributed by atoms with van der Waals surface area (Å²) in [6.07, 6.45) is -0.119. The zero-order valence-electron chi connectivity index (χ0n) is 22.8. The van der Waals surface area contributed by atoms with Crippen LogP contribution in [0.5, 0.6) is 0 Å². The van der Waals surface area contributed by atoms with E-state index in [0.29, 0.717) is 22.7 Å². The smallest absolute Gasteiger partial charge is 0.305 e. The molecule has 1 aliphatic rings. The molecule has 206 valence electrons. The molecule has 0 amide bonds. The lowest BCUT2D eigenvalue weighted by molar-refractivity contribution is -0.138. The van der Waals surface area contributed by atoms with Crippen LogP contribution in [0.4, 0.5) is 13.2 Å². The molecule has 0 aliphatic carbocycles. The quantitative estimate of drug-likeness (QED) is 0.233. The number of pyridine rings is 1. The summed E-state index contributed by atoms with van der Waals surface area (Å²) in [6, 6.07) is 15.5. The topological polar surface area (TPSA) is 40.9 Å². The number of likely N-dealkylation sites (tertiary alicyclic amines) is 1. The summed E-state index contributed by atoms with van der Waals surface area (Å²) < 4.78 is 44.0. The Bertz CT molecular complexity index is 1610. The number of alkyl halides is 3. The second-order valence-electron chi connectivity index (χ2n) is 10.6. The van der Waals surface area contributed by atoms with Gasteiger partial charge >= 0.3 is 6.18 Å². The van der Waals surface area contributed by atoms with Gasteiger partial charge in [0.1, 0.15) is 11.3 Å². The first-order chi connectivity index (χ1) is 19.1. The SMILES string of the molecule is Cc1ccc(C(=O)Cc2ccc(CN3CC[C@@H](N(C)C)C3)c(C(F)(F)F)c2)cc1C#Cc1cnc2ccccn12. The molecule has 8 heteroatoms. The second kappa shape index (κ2) is 11.3. The molecule has 1 aliphatic heterocycles. The van der Waals surface area contributed by atoms with Crippen molar-refractivity contribution in [3.63, 3.8) is 0 Å². The van der Waals surface area contributed by atoms with Gasteiger partial charge in [0, 0.05) is 49.4 Å². The molecule has 2 aromatic heterocycles. The number of carbonyl (C=O) groups excluding carboxylic acids is 1. The van der Waals surface area contributed by atoms with Crippen molar-refractivity contribution >= 4 is 11.4 Å². The molecular formula is C32H31F3N4O. The fourth-order valence-electron chi connectivity index (χ4n) is 5.13. The first-order valence-electron chi connectivity index (χ1n) is 13.2. The Morgan fingerprint density at radius 2 is 1.93 bits per heavy atom. The summed E-state index contributed by atoms with van der Waals surface area (Å²) in [5, 5.41) is 0. The van der Waals surface area contributed by atoms with Gasteiger partial charge in [0.2, 0.25) is 0 Å². The molecule has 0 unspecified atom stereocenters. The van der Waals surface area contributed by atoms with E-state index in [1.165, 1.54) is 6.07 Å². The number of aryl methyl sites for hydroxylation is 1. The van der Waals surface area contributed by atoms with E-state index in [4.69, 9.17) is 0 Å². The highest BCUT2D eigenvalue weighted by atomic mass is 19.4. The molecule has 40 heavy (non-hydrogen) atoms. The minimum absolute atomic E-state index is 0.126. The molecule has 0 radical (unpaired) electrons. The van der Waals surface area contributed by atoms with Crippen molar-refractivity contribution in [3.8, 4) is 11.8 Å². The van der Waals surface area contributed by atoms with E-state index in [0.717, 1.165) is 42.5 Å². The van der Waals surface area contributed by atoms with E-state index in [-0.39, 0.29) is 24.3 Å². The summed E-state index contributed by atoms with van der Waals surface area (Å²) in [5.41, 5.74) is 3.42. The average molecular weight is 545 g/mol. The third-order valence-electron chi connectivity index (χ3n) is 7.52. The number of benzene rings is 2. The van der Waals surface area contributed by atoms with Gasteiger partial charge in [-0.25, -0.2) is 4.98 Å². The number of aromatic nitrogens is 2. The molecule has 0 bridgehead atoms. The van der Waals surface area contributed by atoms with E-state index < -0.39 is 11.7 Å². The molecule has 4 aromatic rings. The fourth-order valence-corrected chi connectivity index (χ4v) is 5.13. The van der Waals surface area contributed by atoms with Crippen LogP contribution in [0.25, 0.3) is 5.65 Å². The van der Waals surface area contributed by atoms with Crippen LogP contribution in [0, 0.1) is 18.8 Å². The summed E-state index contributed by atoms with van der Waals surface area (Å²) in [7, 11) is 3.98. The van der Waals surface area contributed by atoms with Gasteiger partial charge in [-0.1, -0.05) is 36.3 Å². The van der Waals surface area contributed by atoms with Crippen LogP contribution in [-0.4, -0.2) is 58.2 Å². The van der Waals surface area contributed by atoms with Crippen molar-refractivity contribution in [2.75, 3.05) is 27.2 Å². The number of hydrogen-bond acceptors (Lipinski definition) is 4. The Kier molecular flexibility index (Phi) is 7.79. The van der Waals surface area contributed by atoms with Gasteiger partial charge in [-0.15, -0.1) is 0 Å². The van der Waals surface area contributed by atoms with E-state index in [1.807, 2.05) is 55.9 Å². The van der Waals surface area contributed by atoms with Crippen LogP contribution in [0.15, 0.2) is 67.0 Å². The summed E-state index contributed by atoms with van der Waals surface area (Å²) in [4.78, 5) is 21.7. The number of hydrogen-bond donors (Lipinski definition) is 0. The van der Waals surface area contributed by atoms with Gasteiger partial charge in [0.05, 0.1) is 11.8 Å². The van der Waals surface area contributed by atoms with E-state index in [1.54, 1.807) is 24.4 Å². The zero-order chi connectivity index (χ0) is 28.4. The predicted octanol–water partition coefficient (Wildman–Crippen LogP) is 5.62. The standard InChI is InChI=1S/C32H31F3N4O/c1-22-7-9-25(18-24(22)11-12-27-19-36-31-6-4-5-14-39(27)31)30(40)17-23-8-10-26(29(16-23)32(33,34)35)20-38-15-13-28(21-38)37(2)3/h4-10,14,16,18-19,28H,13,15,17,20-21H2,1-3H3/t28-/m1/s1. The molecular weight excluding hydrogens is 513 g/mol. The molecule has 0 saturated carbocycles. The highest BCUT2D eigenvalue weighted by Crippen LogP contribution is 2.34. The van der Waals surface area contributed by atoms with Crippen LogP contribution in [0.1, 0.15) is 50.3 Å². The minimum Gasteiger partial charge on any atom is -0.305 e. The van der Waals surface area contributed by atoms with Crippen molar-refractivity contribution in [2.24, 2.45) is 0 Å². The Balaban J connectivity index is 1.34. The molecule has 0 spiro atoms. The van der Waals surface area contributed by atoms with Gasteiger partial charge in [-0.05, 0) is 74.3 Å². The monoisotopic (exact) mass is 544 g/mol. The van der Waals surface area contributed by atoms with Crippen molar-refractivity contribution in [3.05, 3.63) is 106 Å². The zero-order valence-corrected chi connectivity index (χ0v) is 22.8. The van der Waals surface area contributed by atoms with Gasteiger partial charge in [-0.2, -0.15) is 13.2 Å². The van der Waals surface area contributed by atoms with Crippen LogP contribution in [0.3, 0.4) is 0 Å². The van der Waals surface area contributed by atoms with E-state index in [2.05, 4.69) is 26.6 Å². The number of imidazole rings is 1. The van der Waals surface area contributed by atoms with Crippen molar-refractivity contribution in [2.45, 2.75) is 38.5 Å². The van der Waals surface area contributed by atoms with Crippen LogP contribution in [-0.2, 0) is 19.1 Å². The molecule has 5 nitrogen and oxygen atoms in total. The first-order valence-corrected chi connectivity index (χ1v) is 13.2. The molecule has 1 atom stereocenters. The number of likely N-dealkylation sites (N-methyl/N-ethyl adjacent to an activating group) is 1. The lowest BCUT2D eigenvalue weighted by Crippen LogP contribution is -2.31. The maximum Gasteiger partial charge on any atom is 0.416 e. The van der Waals surface area contributed by atoms with E-state index >= 15 is 0 Å². The van der Waals surface area contributed by atoms with Gasteiger partial charge in [0.15, 0.2) is 5.78 Å². The molecule has 5 rings (SSSR count). The molecule has 2 aromatic carbocycles. The Morgan fingerprint density at radius 1 is 1.10 bits per heavy atom. The third kappa shape index (κ3) is 6.11. The molecule has 1 fully saturated rings. The largest absolute Gasteiger partial charge is 0.416 e. The highest BCUT2D eigenvalue weighted by molar-refractivity contribution is 5.98. The number of Topliss-reactive ketones (excluding diaryl/α,β-unsaturated/α-hetero) is 1. The third-order valence-corrected chi connectivity index (χ3v) is 7.52. The Hall–Kier alpha value is -3.93. The van der Waals surface area contributed by atoms with Gasteiger partial charge in [-0.3, -0.25) is 14.1 Å². The number of rotatable bonds is 6. The highest BCUT2D eigenvalue weighted by Gasteiger charge is 2.35. The lowest BCUT2D eigenvalue weighted by atomic mass is 9.96. The minimum atomic E-state index is -4.50. The van der Waals surface area contributed by atoms with Crippen LogP contribution in [0.2, 0.25) is 0 Å². The second-order valence-corrected chi connectivity index (χ2v) is 10.6. The first kappa shape index (κ1) is 27.6. The van der Waals surface area contributed by atoms with Crippen molar-refractivity contribution in [1.29, 1.82) is 0 Å². The fraction of sp³-hybridized carbons (Fsp3) is 0.312. The summed E-state index contributed by atoms with van der Waals surface area (Å²) in [5.74, 6) is 5.99. The number of fused-ring (bicyclic) bond motifs is 1. The number of nitrogens with zero attached hydrogens (tertiary/aromatic N) is 4. The van der Waals surface area contributed by atoms with Crippen molar-refractivity contribution in [1.82, 2.24) is 19.2 Å². The van der Waals surface area contributed by atoms with Crippen molar-refractivity contribution < 1.29 is 18.0 Å². The maximum atomic E-state index is 14.0. The van der Waals surface area contributed by atoms with Crippen LogP contribution >= 0.6 is 0 Å². The van der Waals surface area contributed by atoms with Gasteiger partial charge < -0.3 is 4.90 Å². The Labute approximate surface area is 232 Å². The molecule has 0 N–H and O–H groups in total. The molecule has 3 heterocycles. The normalized spacial score (nSPS) is 15.9. The van der Waals surface area contributed by atoms with Gasteiger partial charge in [0.25, 0.3) is 0 Å². The number of carbonyl (C=O) groups is 1. The number of halogens is 3. The summed E-state index contributed by atoms with van der Waals surface area (Å²) >= 11 is 0. The van der Waals surface area contributed by atoms with Crippen LogP contribution < -0.4 is 0 Å². The van der Waals surface area contributed by atoms with E-state index in [9.17, 15) is 18.0 Å². The predicted molar refractivity (Wildman–Crippen MR) is 149 cm³/mol. The maximum absolute atomic E-state index is 14.0.